The van der Waals surface area contributed by atoms with E-state index in [0.717, 1.165) is 12.1 Å². The van der Waals surface area contributed by atoms with Crippen LogP contribution in [0.25, 0.3) is 5.57 Å². The quantitative estimate of drug-likeness (QED) is 0.279. The van der Waals surface area contributed by atoms with Crippen LogP contribution in [0.5, 0.6) is 5.75 Å². The molecule has 0 fully saturated rings. The van der Waals surface area contributed by atoms with Crippen LogP contribution in [-0.2, 0) is 22.2 Å². The number of amides is 2. The lowest BCUT2D eigenvalue weighted by Gasteiger charge is -2.23. The summed E-state index contributed by atoms with van der Waals surface area (Å²) >= 11 is 0. The Balaban J connectivity index is 1.63. The molecule has 2 amide bonds. The molecule has 0 aromatic heterocycles. The lowest BCUT2D eigenvalue weighted by atomic mass is 9.95. The first-order valence-corrected chi connectivity index (χ1v) is 11.9. The summed E-state index contributed by atoms with van der Waals surface area (Å²) in [5.74, 6) is -0.421. The van der Waals surface area contributed by atoms with E-state index in [-0.39, 0.29) is 6.42 Å². The van der Waals surface area contributed by atoms with Gasteiger partial charge in [0.1, 0.15) is 11.9 Å². The van der Waals surface area contributed by atoms with Crippen molar-refractivity contribution < 1.29 is 32.6 Å². The molecule has 3 N–H and O–H groups in total. The van der Waals surface area contributed by atoms with Gasteiger partial charge in [-0.15, -0.1) is 0 Å². The molecule has 3 aromatic rings. The number of benzene rings is 3. The summed E-state index contributed by atoms with van der Waals surface area (Å²) in [5.41, 5.74) is 2.53. The third-order valence-corrected chi connectivity index (χ3v) is 5.90. The number of halogens is 3. The lowest BCUT2D eigenvalue weighted by Crippen LogP contribution is -2.34. The largest absolute Gasteiger partial charge is 0.493 e. The van der Waals surface area contributed by atoms with Gasteiger partial charge in [0.2, 0.25) is 5.91 Å². The van der Waals surface area contributed by atoms with Gasteiger partial charge in [0.15, 0.2) is 0 Å². The van der Waals surface area contributed by atoms with Gasteiger partial charge in [-0.05, 0) is 48.4 Å². The summed E-state index contributed by atoms with van der Waals surface area (Å²) < 4.78 is 45.0. The number of rotatable bonds is 7. The first-order valence-electron chi connectivity index (χ1n) is 11.9. The molecule has 3 aromatic carbocycles. The van der Waals surface area contributed by atoms with E-state index < -0.39 is 29.7 Å². The maximum absolute atomic E-state index is 13.1. The van der Waals surface area contributed by atoms with Gasteiger partial charge in [-0.1, -0.05) is 48.6 Å². The zero-order chi connectivity index (χ0) is 27.3. The van der Waals surface area contributed by atoms with Crippen molar-refractivity contribution in [2.75, 3.05) is 17.2 Å². The minimum atomic E-state index is -4.46. The molecule has 38 heavy (non-hydrogen) atoms. The Bertz CT molecular complexity index is 1400. The molecule has 4 rings (SSSR count). The minimum absolute atomic E-state index is 0.0630. The highest BCUT2D eigenvalue weighted by Crippen LogP contribution is 2.34. The second kappa shape index (κ2) is 11.4. The Morgan fingerprint density at radius 2 is 1.84 bits per heavy atom. The first-order chi connectivity index (χ1) is 18.2. The number of para-hydroxylation sites is 1. The van der Waals surface area contributed by atoms with Crippen LogP contribution in [0.1, 0.15) is 29.2 Å². The Morgan fingerprint density at radius 3 is 2.55 bits per heavy atom. The van der Waals surface area contributed by atoms with Crippen molar-refractivity contribution in [3.63, 3.8) is 0 Å². The fourth-order valence-corrected chi connectivity index (χ4v) is 4.10. The van der Waals surface area contributed by atoms with Crippen molar-refractivity contribution in [2.45, 2.75) is 25.6 Å². The van der Waals surface area contributed by atoms with Crippen molar-refractivity contribution in [2.24, 2.45) is 0 Å². The van der Waals surface area contributed by atoms with Crippen LogP contribution in [0.2, 0.25) is 0 Å². The van der Waals surface area contributed by atoms with E-state index in [1.54, 1.807) is 48.5 Å². The number of alkyl halides is 3. The van der Waals surface area contributed by atoms with E-state index in [0.29, 0.717) is 46.0 Å². The number of carbonyl (C=O) groups excluding carboxylic acids is 2. The average molecular weight is 523 g/mol. The van der Waals surface area contributed by atoms with Crippen LogP contribution in [0, 0.1) is 0 Å². The average Bonchev–Trinajstić information content (AvgIpc) is 2.88. The molecule has 0 saturated carbocycles. The third kappa shape index (κ3) is 6.12. The summed E-state index contributed by atoms with van der Waals surface area (Å²) in [6.07, 6.45) is -1.20. The minimum Gasteiger partial charge on any atom is -0.493 e. The third-order valence-electron chi connectivity index (χ3n) is 5.90. The number of anilines is 2. The molecule has 0 spiro atoms. The fraction of sp³-hybridized carbons (Fsp3) is 0.172. The fourth-order valence-electron chi connectivity index (χ4n) is 4.10. The lowest BCUT2D eigenvalue weighted by molar-refractivity contribution is -0.137. The maximum atomic E-state index is 13.1. The number of nitrogens with one attached hydrogen (secondary N) is 2. The highest BCUT2D eigenvalue weighted by molar-refractivity contribution is 6.03. The number of ether oxygens (including phenoxy) is 1. The number of allylic oxidation sites excluding steroid dienone is 2. The van der Waals surface area contributed by atoms with E-state index >= 15 is 0 Å². The van der Waals surface area contributed by atoms with Gasteiger partial charge in [0.25, 0.3) is 5.91 Å². The van der Waals surface area contributed by atoms with Crippen LogP contribution in [0.4, 0.5) is 24.5 Å². The molecular formula is C29H25F3N2O4. The predicted octanol–water partition coefficient (Wildman–Crippen LogP) is 5.59. The van der Waals surface area contributed by atoms with Crippen LogP contribution in [0.3, 0.4) is 0 Å². The molecule has 6 nitrogen and oxygen atoms in total. The Morgan fingerprint density at radius 1 is 1.11 bits per heavy atom. The number of hydrogen-bond acceptors (Lipinski definition) is 4. The van der Waals surface area contributed by atoms with Crippen LogP contribution in [0.15, 0.2) is 85.0 Å². The molecule has 0 radical (unpaired) electrons. The smallest absolute Gasteiger partial charge is 0.416 e. The molecule has 1 aliphatic rings. The molecule has 1 atom stereocenters. The molecule has 1 heterocycles. The summed E-state index contributed by atoms with van der Waals surface area (Å²) in [6.45, 7) is 2.22. The van der Waals surface area contributed by atoms with Crippen LogP contribution in [-0.4, -0.2) is 29.6 Å². The summed E-state index contributed by atoms with van der Waals surface area (Å²) in [6, 6.07) is 16.9. The van der Waals surface area contributed by atoms with Gasteiger partial charge in [-0.2, -0.15) is 13.2 Å². The molecule has 1 unspecified atom stereocenters. The second-order valence-electron chi connectivity index (χ2n) is 8.47. The Labute approximate surface area is 217 Å². The maximum Gasteiger partial charge on any atom is 0.416 e. The van der Waals surface area contributed by atoms with E-state index in [2.05, 4.69) is 10.6 Å². The van der Waals surface area contributed by atoms with E-state index in [9.17, 15) is 27.9 Å². The van der Waals surface area contributed by atoms with Crippen molar-refractivity contribution >= 4 is 28.8 Å². The first kappa shape index (κ1) is 26.7. The number of aliphatic hydroxyl groups is 1. The topological polar surface area (TPSA) is 87.7 Å². The molecular weight excluding hydrogens is 497 g/mol. The van der Waals surface area contributed by atoms with Crippen molar-refractivity contribution in [1.29, 1.82) is 0 Å². The van der Waals surface area contributed by atoms with Gasteiger partial charge in [0.05, 0.1) is 12.2 Å². The van der Waals surface area contributed by atoms with E-state index in [4.69, 9.17) is 4.74 Å². The highest BCUT2D eigenvalue weighted by atomic mass is 19.4. The van der Waals surface area contributed by atoms with Crippen LogP contribution < -0.4 is 15.4 Å². The summed E-state index contributed by atoms with van der Waals surface area (Å²) in [7, 11) is 0. The van der Waals surface area contributed by atoms with Gasteiger partial charge in [0, 0.05) is 35.0 Å². The van der Waals surface area contributed by atoms with Gasteiger partial charge in [-0.3, -0.25) is 9.59 Å². The highest BCUT2D eigenvalue weighted by Gasteiger charge is 2.30. The van der Waals surface area contributed by atoms with Gasteiger partial charge >= 0.3 is 6.18 Å². The van der Waals surface area contributed by atoms with Crippen molar-refractivity contribution in [3.05, 3.63) is 107 Å². The summed E-state index contributed by atoms with van der Waals surface area (Å²) in [5, 5.41) is 15.2. The number of carbonyl (C=O) groups is 2. The number of fused-ring (bicyclic) bond motifs is 1. The monoisotopic (exact) mass is 522 g/mol. The van der Waals surface area contributed by atoms with E-state index in [1.807, 2.05) is 6.92 Å². The molecule has 9 heteroatoms. The molecule has 1 aliphatic heterocycles. The Kier molecular flexibility index (Phi) is 7.97. The number of hydrogen-bond donors (Lipinski definition) is 3. The van der Waals surface area contributed by atoms with E-state index in [1.165, 1.54) is 24.3 Å². The predicted molar refractivity (Wildman–Crippen MR) is 139 cm³/mol. The zero-order valence-corrected chi connectivity index (χ0v) is 20.4. The van der Waals surface area contributed by atoms with Crippen LogP contribution >= 0.6 is 0 Å². The SMILES string of the molecule is CCOc1ccccc1C(=CC=CC(=O)Nc1cccc2c1CC(O)C(=O)N2)c1ccc(C(F)(F)F)cc1. The van der Waals surface area contributed by atoms with Crippen molar-refractivity contribution in [3.8, 4) is 5.75 Å². The Hall–Kier alpha value is -4.37. The molecule has 0 bridgehead atoms. The second-order valence-corrected chi connectivity index (χ2v) is 8.47. The number of aliphatic hydroxyl groups excluding tert-OH is 1. The van der Waals surface area contributed by atoms with Gasteiger partial charge in [-0.25, -0.2) is 0 Å². The summed E-state index contributed by atoms with van der Waals surface area (Å²) in [4.78, 5) is 24.4. The molecule has 0 aliphatic carbocycles. The normalized spacial score (nSPS) is 15.7. The standard InChI is InChI=1S/C29H25F3N2O4/c1-2-38-26-11-4-3-7-21(26)20(18-13-15-19(16-14-18)29(30,31)32)8-5-12-27(36)33-23-9-6-10-24-22(23)17-25(35)28(37)34-24/h3-16,25,35H,2,17H2,1H3,(H,33,36)(H,34,37). The van der Waals surface area contributed by atoms with Crippen molar-refractivity contribution in [1.82, 2.24) is 0 Å². The molecule has 0 saturated heterocycles. The van der Waals surface area contributed by atoms with Gasteiger partial charge < -0.3 is 20.5 Å². The molecule has 196 valence electrons. The zero-order valence-electron chi connectivity index (χ0n) is 20.4.